The molecule has 4 heterocycles. The first kappa shape index (κ1) is 18.4. The largest absolute Gasteiger partial charge is 0.432 e. The first-order valence-electron chi connectivity index (χ1n) is 10.2. The smallest absolute Gasteiger partial charge is 0.306 e. The lowest BCUT2D eigenvalue weighted by Crippen LogP contribution is -2.40. The van der Waals surface area contributed by atoms with Gasteiger partial charge in [0.15, 0.2) is 0 Å². The summed E-state index contributed by atoms with van der Waals surface area (Å²) >= 11 is 0. The lowest BCUT2D eigenvalue weighted by Gasteiger charge is -2.25. The number of carbonyl (C=O) groups is 1. The topological polar surface area (TPSA) is 75.7 Å². The predicted molar refractivity (Wildman–Crippen MR) is 114 cm³/mol. The number of benzene rings is 1. The van der Waals surface area contributed by atoms with Gasteiger partial charge in [-0.1, -0.05) is 36.4 Å². The number of oxazole rings is 1. The fourth-order valence-corrected chi connectivity index (χ4v) is 4.03. The number of amides is 1. The molecule has 0 bridgehead atoms. The van der Waals surface area contributed by atoms with Crippen LogP contribution < -0.4 is 5.32 Å². The molecule has 30 heavy (non-hydrogen) atoms. The highest BCUT2D eigenvalue weighted by Crippen LogP contribution is 2.28. The van der Waals surface area contributed by atoms with E-state index in [1.54, 1.807) is 16.9 Å². The zero-order valence-corrected chi connectivity index (χ0v) is 16.8. The maximum atomic E-state index is 13.7. The van der Waals surface area contributed by atoms with Gasteiger partial charge >= 0.3 is 5.84 Å². The summed E-state index contributed by atoms with van der Waals surface area (Å²) in [6, 6.07) is 13.9. The summed E-state index contributed by atoms with van der Waals surface area (Å²) in [6.45, 7) is 3.41. The van der Waals surface area contributed by atoms with Crippen LogP contribution in [0.4, 0.5) is 5.82 Å². The molecule has 1 aromatic carbocycles. The second kappa shape index (κ2) is 7.67. The van der Waals surface area contributed by atoms with Crippen molar-refractivity contribution >= 4 is 17.6 Å². The Labute approximate surface area is 174 Å². The molecule has 0 spiro atoms. The van der Waals surface area contributed by atoms with Crippen molar-refractivity contribution in [3.63, 3.8) is 0 Å². The van der Waals surface area contributed by atoms with Gasteiger partial charge in [-0.3, -0.25) is 9.20 Å². The maximum absolute atomic E-state index is 13.7. The normalized spacial score (nSPS) is 16.3. The molecule has 0 saturated carbocycles. The number of rotatable bonds is 5. The first-order valence-corrected chi connectivity index (χ1v) is 10.2. The van der Waals surface area contributed by atoms with E-state index < -0.39 is 0 Å². The van der Waals surface area contributed by atoms with Crippen molar-refractivity contribution in [3.8, 4) is 11.3 Å². The molecule has 3 aromatic heterocycles. The lowest BCUT2D eigenvalue weighted by atomic mass is 10.1. The molecular weight excluding hydrogens is 378 g/mol. The van der Waals surface area contributed by atoms with Gasteiger partial charge < -0.3 is 14.6 Å². The third kappa shape index (κ3) is 3.32. The number of anilines is 1. The van der Waals surface area contributed by atoms with E-state index in [4.69, 9.17) is 4.42 Å². The number of pyridine rings is 1. The van der Waals surface area contributed by atoms with Gasteiger partial charge in [-0.25, -0.2) is 4.98 Å². The highest BCUT2D eigenvalue weighted by atomic mass is 16.3. The molecule has 1 aliphatic heterocycles. The number of fused-ring (bicyclic) bond motifs is 1. The predicted octanol–water partition coefficient (Wildman–Crippen LogP) is 4.01. The Kier molecular flexibility index (Phi) is 4.71. The van der Waals surface area contributed by atoms with Crippen LogP contribution in [-0.2, 0) is 0 Å². The standard InChI is InChI=1S/C23H23N5O2/c1-16-9-10-19(24-14-16)25-15-18-8-5-11-27(18)22(29)21-20(17-6-3-2-4-7-17)26-23-28(21)12-13-30-23/h2-4,6-7,9-10,12-14,18H,5,8,11,15H2,1H3,(H,24,25)/t18-/m0/s1. The number of aryl methyl sites for hydroxylation is 1. The van der Waals surface area contributed by atoms with E-state index in [0.717, 1.165) is 36.3 Å². The van der Waals surface area contributed by atoms with Crippen molar-refractivity contribution in [1.29, 1.82) is 0 Å². The second-order valence-electron chi connectivity index (χ2n) is 7.63. The van der Waals surface area contributed by atoms with E-state index in [-0.39, 0.29) is 11.9 Å². The quantitative estimate of drug-likeness (QED) is 0.547. The van der Waals surface area contributed by atoms with Gasteiger partial charge in [0.25, 0.3) is 5.91 Å². The van der Waals surface area contributed by atoms with E-state index in [1.807, 2.05) is 60.5 Å². The number of aromatic nitrogens is 3. The summed E-state index contributed by atoms with van der Waals surface area (Å²) in [5, 5.41) is 3.38. The minimum Gasteiger partial charge on any atom is -0.432 e. The van der Waals surface area contributed by atoms with Crippen LogP contribution in [0.25, 0.3) is 17.1 Å². The van der Waals surface area contributed by atoms with Crippen LogP contribution in [-0.4, -0.2) is 44.3 Å². The molecule has 1 fully saturated rings. The van der Waals surface area contributed by atoms with E-state index in [0.29, 0.717) is 23.8 Å². The number of nitrogens with zero attached hydrogens (tertiary/aromatic N) is 4. The fraction of sp³-hybridized carbons (Fsp3) is 0.261. The number of likely N-dealkylation sites (tertiary alicyclic amines) is 1. The highest BCUT2D eigenvalue weighted by Gasteiger charge is 2.33. The van der Waals surface area contributed by atoms with Crippen LogP contribution in [0.2, 0.25) is 0 Å². The van der Waals surface area contributed by atoms with Gasteiger partial charge in [0.1, 0.15) is 23.5 Å². The molecule has 4 aromatic rings. The molecule has 0 aliphatic carbocycles. The zero-order chi connectivity index (χ0) is 20.5. The minimum absolute atomic E-state index is 0.0241. The summed E-state index contributed by atoms with van der Waals surface area (Å²) in [5.41, 5.74) is 3.22. The summed E-state index contributed by atoms with van der Waals surface area (Å²) in [4.78, 5) is 24.6. The van der Waals surface area contributed by atoms with Gasteiger partial charge in [0.05, 0.1) is 0 Å². The van der Waals surface area contributed by atoms with Crippen LogP contribution in [0, 0.1) is 6.92 Å². The summed E-state index contributed by atoms with van der Waals surface area (Å²) < 4.78 is 7.22. The maximum Gasteiger partial charge on any atom is 0.306 e. The Morgan fingerprint density at radius 3 is 2.90 bits per heavy atom. The van der Waals surface area contributed by atoms with E-state index in [1.165, 1.54) is 0 Å². The molecule has 7 heteroatoms. The fourth-order valence-electron chi connectivity index (χ4n) is 4.03. The van der Waals surface area contributed by atoms with Gasteiger partial charge in [-0.2, -0.15) is 4.98 Å². The van der Waals surface area contributed by atoms with E-state index in [2.05, 4.69) is 15.3 Å². The number of nitrogens with one attached hydrogen (secondary N) is 1. The third-order valence-electron chi connectivity index (χ3n) is 5.58. The van der Waals surface area contributed by atoms with Crippen LogP contribution in [0.1, 0.15) is 28.9 Å². The molecule has 0 radical (unpaired) electrons. The summed E-state index contributed by atoms with van der Waals surface area (Å²) in [7, 11) is 0. The van der Waals surface area contributed by atoms with Crippen molar-refractivity contribution < 1.29 is 9.21 Å². The summed E-state index contributed by atoms with van der Waals surface area (Å²) in [6.07, 6.45) is 7.08. The van der Waals surface area contributed by atoms with Crippen LogP contribution in [0.3, 0.4) is 0 Å². The van der Waals surface area contributed by atoms with E-state index >= 15 is 0 Å². The third-order valence-corrected chi connectivity index (χ3v) is 5.58. The van der Waals surface area contributed by atoms with Gasteiger partial charge in [-0.15, -0.1) is 0 Å². The van der Waals surface area contributed by atoms with Crippen molar-refractivity contribution in [2.75, 3.05) is 18.4 Å². The Morgan fingerprint density at radius 2 is 2.10 bits per heavy atom. The monoisotopic (exact) mass is 401 g/mol. The van der Waals surface area contributed by atoms with Gasteiger partial charge in [-0.05, 0) is 31.4 Å². The van der Waals surface area contributed by atoms with Gasteiger partial charge in [0.2, 0.25) is 0 Å². The van der Waals surface area contributed by atoms with Crippen molar-refractivity contribution in [1.82, 2.24) is 19.3 Å². The minimum atomic E-state index is -0.0241. The molecule has 1 N–H and O–H groups in total. The summed E-state index contributed by atoms with van der Waals surface area (Å²) in [5.74, 6) is 1.23. The molecule has 0 unspecified atom stereocenters. The molecular formula is C23H23N5O2. The SMILES string of the molecule is Cc1ccc(NC[C@@H]2CCCN2C(=O)c2c(-c3ccccc3)nc3occn23)nc1. The van der Waals surface area contributed by atoms with Crippen molar-refractivity contribution in [2.45, 2.75) is 25.8 Å². The average Bonchev–Trinajstić information content (AvgIpc) is 3.49. The van der Waals surface area contributed by atoms with Crippen LogP contribution >= 0.6 is 0 Å². The Balaban J connectivity index is 1.43. The molecule has 5 rings (SSSR count). The van der Waals surface area contributed by atoms with E-state index in [9.17, 15) is 4.79 Å². The average molecular weight is 401 g/mol. The zero-order valence-electron chi connectivity index (χ0n) is 16.8. The molecule has 1 aliphatic rings. The number of carbonyl (C=O) groups excluding carboxylic acids is 1. The number of hydrogen-bond acceptors (Lipinski definition) is 5. The van der Waals surface area contributed by atoms with Crippen LogP contribution in [0.5, 0.6) is 0 Å². The molecule has 1 atom stereocenters. The van der Waals surface area contributed by atoms with Crippen LogP contribution in [0.15, 0.2) is 65.5 Å². The second-order valence-corrected chi connectivity index (χ2v) is 7.63. The van der Waals surface area contributed by atoms with Gasteiger partial charge in [0, 0.05) is 37.1 Å². The molecule has 1 amide bonds. The number of imidazole rings is 1. The Bertz CT molecular complexity index is 1160. The molecule has 7 nitrogen and oxygen atoms in total. The molecule has 152 valence electrons. The lowest BCUT2D eigenvalue weighted by molar-refractivity contribution is 0.0737. The number of hydrogen-bond donors (Lipinski definition) is 1. The van der Waals surface area contributed by atoms with Crippen molar-refractivity contribution in [3.05, 3.63) is 72.4 Å². The molecule has 1 saturated heterocycles. The first-order chi connectivity index (χ1) is 14.7. The highest BCUT2D eigenvalue weighted by molar-refractivity contribution is 5.99. The Hall–Kier alpha value is -3.61. The van der Waals surface area contributed by atoms with Crippen molar-refractivity contribution in [2.24, 2.45) is 0 Å². The Morgan fingerprint density at radius 1 is 1.23 bits per heavy atom.